The van der Waals surface area contributed by atoms with Crippen LogP contribution in [-0.2, 0) is 4.79 Å². The molecule has 1 saturated heterocycles. The second kappa shape index (κ2) is 8.06. The summed E-state index contributed by atoms with van der Waals surface area (Å²) in [6, 6.07) is 11.8. The molecule has 138 valence electrons. The van der Waals surface area contributed by atoms with E-state index < -0.39 is 0 Å². The van der Waals surface area contributed by atoms with E-state index >= 15 is 0 Å². The van der Waals surface area contributed by atoms with Gasteiger partial charge in [0.25, 0.3) is 0 Å². The number of nitrogens with one attached hydrogen (secondary N) is 1. The molecule has 4 nitrogen and oxygen atoms in total. The van der Waals surface area contributed by atoms with Crippen molar-refractivity contribution in [3.63, 3.8) is 0 Å². The molecule has 0 radical (unpaired) electrons. The molecule has 1 aliphatic heterocycles. The van der Waals surface area contributed by atoms with Gasteiger partial charge in [0.2, 0.25) is 5.91 Å². The Morgan fingerprint density at radius 1 is 1.12 bits per heavy atom. The average molecular weight is 376 g/mol. The van der Waals surface area contributed by atoms with E-state index in [1.54, 1.807) is 12.1 Å². The molecule has 1 atom stereocenters. The molecule has 0 aliphatic carbocycles. The molecule has 0 saturated carbocycles. The molecule has 0 bridgehead atoms. The Morgan fingerprint density at radius 2 is 1.77 bits per heavy atom. The van der Waals surface area contributed by atoms with Crippen molar-refractivity contribution in [1.29, 1.82) is 0 Å². The van der Waals surface area contributed by atoms with Crippen LogP contribution in [0.1, 0.15) is 12.5 Å². The van der Waals surface area contributed by atoms with Gasteiger partial charge in [-0.1, -0.05) is 17.7 Å². The first-order valence-electron chi connectivity index (χ1n) is 8.76. The van der Waals surface area contributed by atoms with Crippen molar-refractivity contribution in [1.82, 2.24) is 4.90 Å². The van der Waals surface area contributed by atoms with Crippen molar-refractivity contribution in [2.75, 3.05) is 36.4 Å². The summed E-state index contributed by atoms with van der Waals surface area (Å²) in [7, 11) is 0. The van der Waals surface area contributed by atoms with Crippen LogP contribution in [0, 0.1) is 12.7 Å². The van der Waals surface area contributed by atoms with Crippen LogP contribution in [0.5, 0.6) is 0 Å². The highest BCUT2D eigenvalue weighted by Gasteiger charge is 2.26. The van der Waals surface area contributed by atoms with Crippen LogP contribution < -0.4 is 10.2 Å². The lowest BCUT2D eigenvalue weighted by Crippen LogP contribution is -2.52. The van der Waals surface area contributed by atoms with Gasteiger partial charge in [-0.3, -0.25) is 9.69 Å². The zero-order chi connectivity index (χ0) is 18.7. The van der Waals surface area contributed by atoms with Crippen LogP contribution in [0.15, 0.2) is 42.5 Å². The molecule has 0 aromatic heterocycles. The minimum atomic E-state index is -0.233. The number of anilines is 2. The summed E-state index contributed by atoms with van der Waals surface area (Å²) in [4.78, 5) is 17.0. The van der Waals surface area contributed by atoms with Gasteiger partial charge in [-0.2, -0.15) is 0 Å². The number of amides is 1. The topological polar surface area (TPSA) is 35.6 Å². The third-order valence-corrected chi connectivity index (χ3v) is 5.37. The minimum Gasteiger partial charge on any atom is -0.369 e. The van der Waals surface area contributed by atoms with Crippen LogP contribution in [0.25, 0.3) is 0 Å². The number of benzene rings is 2. The van der Waals surface area contributed by atoms with Crippen LogP contribution in [0.3, 0.4) is 0 Å². The number of hydrogen-bond acceptors (Lipinski definition) is 3. The molecule has 1 aliphatic rings. The van der Waals surface area contributed by atoms with E-state index in [1.807, 2.05) is 32.0 Å². The third kappa shape index (κ3) is 4.17. The fourth-order valence-corrected chi connectivity index (χ4v) is 3.34. The largest absolute Gasteiger partial charge is 0.369 e. The monoisotopic (exact) mass is 375 g/mol. The molecule has 26 heavy (non-hydrogen) atoms. The summed E-state index contributed by atoms with van der Waals surface area (Å²) in [6.07, 6.45) is 0. The summed E-state index contributed by atoms with van der Waals surface area (Å²) in [5.74, 6) is -0.264. The van der Waals surface area contributed by atoms with Crippen molar-refractivity contribution in [2.45, 2.75) is 19.9 Å². The van der Waals surface area contributed by atoms with Gasteiger partial charge in [0.05, 0.1) is 6.04 Å². The van der Waals surface area contributed by atoms with Crippen LogP contribution in [0.2, 0.25) is 5.02 Å². The zero-order valence-electron chi connectivity index (χ0n) is 15.0. The Kier molecular flexibility index (Phi) is 5.79. The molecule has 6 heteroatoms. The Labute approximate surface area is 158 Å². The maximum Gasteiger partial charge on any atom is 0.241 e. The van der Waals surface area contributed by atoms with Crippen LogP contribution in [0.4, 0.5) is 15.8 Å². The smallest absolute Gasteiger partial charge is 0.241 e. The van der Waals surface area contributed by atoms with Gasteiger partial charge < -0.3 is 10.2 Å². The first kappa shape index (κ1) is 18.7. The Hall–Kier alpha value is -2.11. The molecular formula is C20H23ClFN3O. The number of nitrogens with zero attached hydrogens (tertiary/aromatic N) is 2. The summed E-state index contributed by atoms with van der Waals surface area (Å²) in [5.41, 5.74) is 2.63. The van der Waals surface area contributed by atoms with Crippen molar-refractivity contribution in [2.24, 2.45) is 0 Å². The van der Waals surface area contributed by atoms with E-state index in [0.29, 0.717) is 5.02 Å². The number of piperazine rings is 1. The van der Waals surface area contributed by atoms with Crippen LogP contribution >= 0.6 is 11.6 Å². The number of carbonyl (C=O) groups excluding carboxylic acids is 1. The zero-order valence-corrected chi connectivity index (χ0v) is 15.8. The van der Waals surface area contributed by atoms with E-state index in [2.05, 4.69) is 15.1 Å². The van der Waals surface area contributed by atoms with Crippen LogP contribution in [-0.4, -0.2) is 43.0 Å². The van der Waals surface area contributed by atoms with E-state index in [4.69, 9.17) is 11.6 Å². The first-order chi connectivity index (χ1) is 12.5. The summed E-state index contributed by atoms with van der Waals surface area (Å²) in [6.45, 7) is 6.98. The minimum absolute atomic E-state index is 0.0365. The Balaban J connectivity index is 1.57. The number of carbonyl (C=O) groups is 1. The van der Waals surface area contributed by atoms with Crippen molar-refractivity contribution in [3.05, 3.63) is 58.9 Å². The molecule has 1 amide bonds. The van der Waals surface area contributed by atoms with Gasteiger partial charge in [0.15, 0.2) is 0 Å². The van der Waals surface area contributed by atoms with Gasteiger partial charge in [-0.05, 0) is 55.8 Å². The van der Waals surface area contributed by atoms with Gasteiger partial charge in [0, 0.05) is 42.6 Å². The van der Waals surface area contributed by atoms with Crippen molar-refractivity contribution >= 4 is 28.9 Å². The molecule has 2 aromatic rings. The fraction of sp³-hybridized carbons (Fsp3) is 0.350. The lowest BCUT2D eigenvalue weighted by Gasteiger charge is -2.38. The number of hydrogen-bond donors (Lipinski definition) is 1. The van der Waals surface area contributed by atoms with Crippen molar-refractivity contribution < 1.29 is 9.18 Å². The lowest BCUT2D eigenvalue weighted by atomic mass is 10.1. The maximum atomic E-state index is 13.1. The Bertz CT molecular complexity index is 773. The second-order valence-electron chi connectivity index (χ2n) is 6.58. The molecule has 0 spiro atoms. The van der Waals surface area contributed by atoms with Gasteiger partial charge in [-0.15, -0.1) is 0 Å². The van der Waals surface area contributed by atoms with Gasteiger partial charge in [-0.25, -0.2) is 4.39 Å². The Morgan fingerprint density at radius 3 is 2.42 bits per heavy atom. The van der Waals surface area contributed by atoms with E-state index in [0.717, 1.165) is 43.1 Å². The van der Waals surface area contributed by atoms with E-state index in [9.17, 15) is 9.18 Å². The normalized spacial score (nSPS) is 16.4. The third-order valence-electron chi connectivity index (χ3n) is 4.96. The van der Waals surface area contributed by atoms with Gasteiger partial charge >= 0.3 is 0 Å². The summed E-state index contributed by atoms with van der Waals surface area (Å²) in [5, 5.41) is 3.62. The molecule has 1 N–H and O–H groups in total. The highest BCUT2D eigenvalue weighted by Crippen LogP contribution is 2.23. The van der Waals surface area contributed by atoms with E-state index in [1.165, 1.54) is 12.1 Å². The van der Waals surface area contributed by atoms with Crippen molar-refractivity contribution in [3.8, 4) is 0 Å². The first-order valence-corrected chi connectivity index (χ1v) is 9.14. The maximum absolute atomic E-state index is 13.1. The predicted octanol–water partition coefficient (Wildman–Crippen LogP) is 3.94. The summed E-state index contributed by atoms with van der Waals surface area (Å²) < 4.78 is 13.1. The van der Waals surface area contributed by atoms with E-state index in [-0.39, 0.29) is 17.8 Å². The molecule has 1 heterocycles. The highest BCUT2D eigenvalue weighted by molar-refractivity contribution is 6.31. The highest BCUT2D eigenvalue weighted by atomic mass is 35.5. The lowest BCUT2D eigenvalue weighted by molar-refractivity contribution is -0.120. The quantitative estimate of drug-likeness (QED) is 0.879. The summed E-state index contributed by atoms with van der Waals surface area (Å²) >= 11 is 6.12. The molecule has 0 unspecified atom stereocenters. The SMILES string of the molecule is Cc1c(Cl)cccc1NC(=O)[C@@H](C)N1CCN(c2ccc(F)cc2)CC1. The fourth-order valence-electron chi connectivity index (χ4n) is 3.17. The molecule has 3 rings (SSSR count). The molecule has 1 fully saturated rings. The number of halogens is 2. The molecular weight excluding hydrogens is 353 g/mol. The standard InChI is InChI=1S/C20H23ClFN3O/c1-14-18(21)4-3-5-19(14)23-20(26)15(2)24-10-12-25(13-11-24)17-8-6-16(22)7-9-17/h3-9,15H,10-13H2,1-2H3,(H,23,26)/t15-/m1/s1. The van der Waals surface area contributed by atoms with Gasteiger partial charge in [0.1, 0.15) is 5.82 Å². The molecule has 2 aromatic carbocycles. The average Bonchev–Trinajstić information content (AvgIpc) is 2.65. The number of rotatable bonds is 4. The predicted molar refractivity (Wildman–Crippen MR) is 104 cm³/mol. The second-order valence-corrected chi connectivity index (χ2v) is 6.98.